The molecular formula is C24H34. The van der Waals surface area contributed by atoms with Crippen LogP contribution < -0.4 is 0 Å². The third-order valence-corrected chi connectivity index (χ3v) is 11.4. The van der Waals surface area contributed by atoms with Gasteiger partial charge in [-0.15, -0.1) is 0 Å². The normalized spacial score (nSPS) is 67.9. The molecule has 0 radical (unpaired) electrons. The van der Waals surface area contributed by atoms with Gasteiger partial charge in [0.05, 0.1) is 0 Å². The van der Waals surface area contributed by atoms with Gasteiger partial charge in [-0.25, -0.2) is 0 Å². The van der Waals surface area contributed by atoms with Crippen LogP contribution in [0.4, 0.5) is 0 Å². The third kappa shape index (κ3) is 1.37. The van der Waals surface area contributed by atoms with Crippen molar-refractivity contribution in [2.24, 2.45) is 64.1 Å². The first-order valence-corrected chi connectivity index (χ1v) is 11.3. The zero-order valence-corrected chi connectivity index (χ0v) is 15.6. The average molecular weight is 323 g/mol. The smallest absolute Gasteiger partial charge is 0.0166 e. The van der Waals surface area contributed by atoms with Crippen molar-refractivity contribution >= 4 is 0 Å². The van der Waals surface area contributed by atoms with Gasteiger partial charge in [0.25, 0.3) is 0 Å². The van der Waals surface area contributed by atoms with Gasteiger partial charge in [0, 0.05) is 0 Å². The van der Waals surface area contributed by atoms with Gasteiger partial charge < -0.3 is 0 Å². The molecule has 0 N–H and O–H groups in total. The molecule has 0 aromatic carbocycles. The van der Waals surface area contributed by atoms with E-state index in [9.17, 15) is 0 Å². The van der Waals surface area contributed by atoms with Crippen LogP contribution in [-0.2, 0) is 0 Å². The highest BCUT2D eigenvalue weighted by molar-refractivity contribution is 5.30. The molecule has 11 atom stereocenters. The van der Waals surface area contributed by atoms with Crippen molar-refractivity contribution in [2.45, 2.75) is 71.6 Å². The molecule has 9 rings (SSSR count). The Kier molecular flexibility index (Phi) is 2.32. The van der Waals surface area contributed by atoms with E-state index in [2.05, 4.69) is 19.9 Å². The SMILES string of the molecule is CC1CC2C3CC2C(C)C3=CCC23CCC2C24CC1CC(C3)C2C4. The van der Waals surface area contributed by atoms with Gasteiger partial charge in [-0.2, -0.15) is 0 Å². The van der Waals surface area contributed by atoms with E-state index >= 15 is 0 Å². The summed E-state index contributed by atoms with van der Waals surface area (Å²) in [7, 11) is 0. The molecule has 11 unspecified atom stereocenters. The molecule has 0 aromatic heterocycles. The van der Waals surface area contributed by atoms with Crippen molar-refractivity contribution in [2.75, 3.05) is 0 Å². The van der Waals surface area contributed by atoms with Crippen LogP contribution in [0.2, 0.25) is 0 Å². The predicted octanol–water partition coefficient (Wildman–Crippen LogP) is 6.08. The Labute approximate surface area is 147 Å². The lowest BCUT2D eigenvalue weighted by atomic mass is 9.43. The second-order valence-corrected chi connectivity index (χ2v) is 11.7. The van der Waals surface area contributed by atoms with E-state index in [0.29, 0.717) is 0 Å². The molecule has 9 aliphatic carbocycles. The zero-order chi connectivity index (χ0) is 15.8. The van der Waals surface area contributed by atoms with Gasteiger partial charge in [0.2, 0.25) is 0 Å². The van der Waals surface area contributed by atoms with Crippen LogP contribution in [0.25, 0.3) is 0 Å². The largest absolute Gasteiger partial charge is 0.0842 e. The first-order valence-electron chi connectivity index (χ1n) is 11.3. The van der Waals surface area contributed by atoms with Crippen LogP contribution in [0, 0.1) is 64.1 Å². The predicted molar refractivity (Wildman–Crippen MR) is 97.3 cm³/mol. The first-order chi connectivity index (χ1) is 11.6. The maximum atomic E-state index is 2.85. The minimum atomic E-state index is 0.778. The minimum absolute atomic E-state index is 0.778. The van der Waals surface area contributed by atoms with Crippen LogP contribution in [0.5, 0.6) is 0 Å². The molecule has 8 bridgehead atoms. The summed E-state index contributed by atoms with van der Waals surface area (Å²) in [5, 5.41) is 0. The van der Waals surface area contributed by atoms with Crippen LogP contribution in [0.3, 0.4) is 0 Å². The summed E-state index contributed by atoms with van der Waals surface area (Å²) in [6.07, 6.45) is 17.2. The van der Waals surface area contributed by atoms with Crippen LogP contribution >= 0.6 is 0 Å². The minimum Gasteiger partial charge on any atom is -0.0842 e. The average Bonchev–Trinajstić information content (AvgIpc) is 3.09. The lowest BCUT2D eigenvalue weighted by Crippen LogP contribution is -2.53. The van der Waals surface area contributed by atoms with Gasteiger partial charge in [-0.05, 0) is 122 Å². The van der Waals surface area contributed by atoms with Gasteiger partial charge in [-0.3, -0.25) is 0 Å². The van der Waals surface area contributed by atoms with E-state index in [1.807, 2.05) is 5.57 Å². The van der Waals surface area contributed by atoms with E-state index in [-0.39, 0.29) is 0 Å². The molecule has 0 nitrogen and oxygen atoms in total. The first kappa shape index (κ1) is 13.9. The molecule has 2 spiro atoms. The summed E-state index contributed by atoms with van der Waals surface area (Å²) < 4.78 is 0. The Bertz CT molecular complexity index is 644. The summed E-state index contributed by atoms with van der Waals surface area (Å²) in [5.41, 5.74) is 3.59. The molecule has 0 saturated heterocycles. The number of hydrogen-bond donors (Lipinski definition) is 0. The highest BCUT2D eigenvalue weighted by Gasteiger charge is 2.74. The molecule has 9 aliphatic rings. The lowest BCUT2D eigenvalue weighted by Gasteiger charge is -2.62. The fourth-order valence-corrected chi connectivity index (χ4v) is 10.1. The molecule has 0 amide bonds. The van der Waals surface area contributed by atoms with Crippen molar-refractivity contribution in [3.63, 3.8) is 0 Å². The van der Waals surface area contributed by atoms with E-state index in [0.717, 1.165) is 58.2 Å². The van der Waals surface area contributed by atoms with Crippen LogP contribution in [0.1, 0.15) is 71.6 Å². The van der Waals surface area contributed by atoms with Gasteiger partial charge in [-0.1, -0.05) is 25.5 Å². The van der Waals surface area contributed by atoms with Gasteiger partial charge in [0.15, 0.2) is 0 Å². The molecule has 24 heavy (non-hydrogen) atoms. The molecule has 0 heteroatoms. The molecule has 7 fully saturated rings. The van der Waals surface area contributed by atoms with E-state index in [4.69, 9.17) is 0 Å². The van der Waals surface area contributed by atoms with Gasteiger partial charge >= 0.3 is 0 Å². The van der Waals surface area contributed by atoms with E-state index in [1.54, 1.807) is 51.4 Å². The third-order valence-electron chi connectivity index (χ3n) is 11.4. The number of hydrogen-bond acceptors (Lipinski definition) is 0. The van der Waals surface area contributed by atoms with Crippen molar-refractivity contribution in [1.82, 2.24) is 0 Å². The standard InChI is InChI=1S/C24H34/c1-13-7-19-18-9-20(19)17(14(18)2)3-5-23-6-4-22(23)24-11-15(13)8-16(10-23)21(24)12-24/h3,13-16,18-22H,4-12H2,1-2H3. The maximum Gasteiger partial charge on any atom is -0.0166 e. The molecule has 0 aromatic rings. The quantitative estimate of drug-likeness (QED) is 0.474. The molecule has 0 heterocycles. The number of allylic oxidation sites excluding steroid dienone is 2. The Morgan fingerprint density at radius 3 is 2.71 bits per heavy atom. The summed E-state index contributed by atoms with van der Waals surface area (Å²) in [6, 6.07) is 0. The molecule has 0 aliphatic heterocycles. The molecule has 7 saturated carbocycles. The lowest BCUT2D eigenvalue weighted by molar-refractivity contribution is -0.120. The van der Waals surface area contributed by atoms with Crippen molar-refractivity contribution in [3.8, 4) is 0 Å². The number of rotatable bonds is 0. The zero-order valence-electron chi connectivity index (χ0n) is 15.6. The van der Waals surface area contributed by atoms with Crippen LogP contribution in [-0.4, -0.2) is 0 Å². The molecular weight excluding hydrogens is 288 g/mol. The van der Waals surface area contributed by atoms with Gasteiger partial charge in [0.1, 0.15) is 0 Å². The Balaban J connectivity index is 1.35. The highest BCUT2D eigenvalue weighted by atomic mass is 14.8. The topological polar surface area (TPSA) is 0 Å². The second-order valence-electron chi connectivity index (χ2n) is 11.7. The Hall–Kier alpha value is -0.260. The highest BCUT2D eigenvalue weighted by Crippen LogP contribution is 2.82. The van der Waals surface area contributed by atoms with Crippen LogP contribution in [0.15, 0.2) is 11.6 Å². The Morgan fingerprint density at radius 1 is 0.958 bits per heavy atom. The summed E-state index contributed by atoms with van der Waals surface area (Å²) in [5.74, 6) is 9.66. The summed E-state index contributed by atoms with van der Waals surface area (Å²) >= 11 is 0. The van der Waals surface area contributed by atoms with Crippen molar-refractivity contribution in [1.29, 1.82) is 0 Å². The maximum absolute atomic E-state index is 2.85. The second kappa shape index (κ2) is 4.01. The van der Waals surface area contributed by atoms with E-state index in [1.165, 1.54) is 12.3 Å². The van der Waals surface area contributed by atoms with E-state index < -0.39 is 0 Å². The monoisotopic (exact) mass is 322 g/mol. The summed E-state index contributed by atoms with van der Waals surface area (Å²) in [4.78, 5) is 0. The Morgan fingerprint density at radius 2 is 1.88 bits per heavy atom. The molecule has 130 valence electrons. The van der Waals surface area contributed by atoms with Crippen molar-refractivity contribution < 1.29 is 0 Å². The van der Waals surface area contributed by atoms with Crippen molar-refractivity contribution in [3.05, 3.63) is 11.6 Å². The fourth-order valence-electron chi connectivity index (χ4n) is 10.1. The fraction of sp³-hybridized carbons (Fsp3) is 0.917. The summed E-state index contributed by atoms with van der Waals surface area (Å²) in [6.45, 7) is 5.24. The number of fused-ring (bicyclic) bond motifs is 2.